The van der Waals surface area contributed by atoms with Crippen LogP contribution in [0.1, 0.15) is 16.1 Å². The Balaban J connectivity index is 1.90. The van der Waals surface area contributed by atoms with E-state index in [9.17, 15) is 4.79 Å². The van der Waals surface area contributed by atoms with Crippen LogP contribution in [0.5, 0.6) is 0 Å². The van der Waals surface area contributed by atoms with E-state index in [0.29, 0.717) is 5.56 Å². The Kier molecular flexibility index (Phi) is 3.28. The van der Waals surface area contributed by atoms with Gasteiger partial charge in [-0.1, -0.05) is 12.1 Å². The zero-order chi connectivity index (χ0) is 14.1. The van der Waals surface area contributed by atoms with Crippen LogP contribution in [0, 0.1) is 6.92 Å². The number of nitrogens with zero attached hydrogens (tertiary/aromatic N) is 2. The average Bonchev–Trinajstić information content (AvgIpc) is 2.80. The van der Waals surface area contributed by atoms with Gasteiger partial charge in [0.1, 0.15) is 5.65 Å². The average molecular weight is 330 g/mol. The molecule has 0 saturated heterocycles. The number of rotatable bonds is 2. The summed E-state index contributed by atoms with van der Waals surface area (Å²) in [4.78, 5) is 16.6. The summed E-state index contributed by atoms with van der Waals surface area (Å²) < 4.78 is 2.71. The first-order valence-corrected chi connectivity index (χ1v) is 6.94. The number of pyridine rings is 1. The summed E-state index contributed by atoms with van der Waals surface area (Å²) in [6.07, 6.45) is 3.67. The highest BCUT2D eigenvalue weighted by molar-refractivity contribution is 9.10. The van der Waals surface area contributed by atoms with Crippen LogP contribution < -0.4 is 5.32 Å². The van der Waals surface area contributed by atoms with Gasteiger partial charge in [-0.25, -0.2) is 4.98 Å². The number of halogens is 1. The Morgan fingerprint density at radius 2 is 2.00 bits per heavy atom. The minimum atomic E-state index is -0.148. The highest BCUT2D eigenvalue weighted by Crippen LogP contribution is 2.22. The monoisotopic (exact) mass is 329 g/mol. The molecule has 0 unspecified atom stereocenters. The Labute approximate surface area is 124 Å². The third-order valence-corrected chi connectivity index (χ3v) is 3.65. The van der Waals surface area contributed by atoms with Crippen LogP contribution in [-0.2, 0) is 0 Å². The number of hydrogen-bond acceptors (Lipinski definition) is 2. The van der Waals surface area contributed by atoms with Crippen LogP contribution in [0.2, 0.25) is 0 Å². The van der Waals surface area contributed by atoms with E-state index in [-0.39, 0.29) is 5.91 Å². The summed E-state index contributed by atoms with van der Waals surface area (Å²) in [5, 5.41) is 2.88. The summed E-state index contributed by atoms with van der Waals surface area (Å²) in [7, 11) is 0. The van der Waals surface area contributed by atoms with Crippen molar-refractivity contribution in [3.05, 3.63) is 64.5 Å². The number of carbonyl (C=O) groups is 1. The number of benzene rings is 1. The van der Waals surface area contributed by atoms with E-state index < -0.39 is 0 Å². The van der Waals surface area contributed by atoms with Gasteiger partial charge in [-0.2, -0.15) is 0 Å². The standard InChI is InChI=1S/C15H12BrN3O/c1-10-8-19-9-11(6-7-14(19)17-10)15(20)18-13-5-3-2-4-12(13)16/h2-9H,1H3,(H,18,20). The number of aromatic nitrogens is 2. The van der Waals surface area contributed by atoms with Gasteiger partial charge in [-0.05, 0) is 47.1 Å². The van der Waals surface area contributed by atoms with Crippen molar-refractivity contribution >= 4 is 33.2 Å². The molecule has 4 nitrogen and oxygen atoms in total. The maximum atomic E-state index is 12.3. The van der Waals surface area contributed by atoms with Gasteiger partial charge in [0.05, 0.1) is 16.9 Å². The smallest absolute Gasteiger partial charge is 0.257 e. The third kappa shape index (κ3) is 2.44. The zero-order valence-corrected chi connectivity index (χ0v) is 12.4. The first-order chi connectivity index (χ1) is 9.63. The van der Waals surface area contributed by atoms with Crippen LogP contribution in [0.25, 0.3) is 5.65 Å². The molecule has 5 heteroatoms. The molecular formula is C15H12BrN3O. The van der Waals surface area contributed by atoms with Gasteiger partial charge >= 0.3 is 0 Å². The number of carbonyl (C=O) groups excluding carboxylic acids is 1. The molecule has 0 atom stereocenters. The van der Waals surface area contributed by atoms with Crippen molar-refractivity contribution in [2.45, 2.75) is 6.92 Å². The van der Waals surface area contributed by atoms with Gasteiger partial charge in [0.25, 0.3) is 5.91 Å². The second-order valence-corrected chi connectivity index (χ2v) is 5.35. The Morgan fingerprint density at radius 3 is 2.80 bits per heavy atom. The number of hydrogen-bond donors (Lipinski definition) is 1. The molecule has 0 aliphatic heterocycles. The van der Waals surface area contributed by atoms with E-state index in [1.54, 1.807) is 12.3 Å². The molecule has 20 heavy (non-hydrogen) atoms. The minimum absolute atomic E-state index is 0.148. The predicted octanol–water partition coefficient (Wildman–Crippen LogP) is 3.66. The van der Waals surface area contributed by atoms with Crippen molar-refractivity contribution in [2.24, 2.45) is 0 Å². The molecular weight excluding hydrogens is 318 g/mol. The fourth-order valence-corrected chi connectivity index (χ4v) is 2.39. The first-order valence-electron chi connectivity index (χ1n) is 6.15. The van der Waals surface area contributed by atoms with Crippen molar-refractivity contribution in [2.75, 3.05) is 5.32 Å². The van der Waals surface area contributed by atoms with Gasteiger partial charge in [-0.3, -0.25) is 4.79 Å². The van der Waals surface area contributed by atoms with E-state index in [1.165, 1.54) is 0 Å². The molecule has 2 aromatic heterocycles. The molecule has 0 aliphatic carbocycles. The molecule has 0 fully saturated rings. The van der Waals surface area contributed by atoms with Gasteiger partial charge in [-0.15, -0.1) is 0 Å². The third-order valence-electron chi connectivity index (χ3n) is 2.96. The molecule has 1 amide bonds. The van der Waals surface area contributed by atoms with Crippen LogP contribution >= 0.6 is 15.9 Å². The molecule has 1 N–H and O–H groups in total. The second kappa shape index (κ2) is 5.09. The Morgan fingerprint density at radius 1 is 1.20 bits per heavy atom. The fraction of sp³-hybridized carbons (Fsp3) is 0.0667. The largest absolute Gasteiger partial charge is 0.321 e. The summed E-state index contributed by atoms with van der Waals surface area (Å²) in [5.41, 5.74) is 3.10. The van der Waals surface area contributed by atoms with Crippen LogP contribution in [-0.4, -0.2) is 15.3 Å². The lowest BCUT2D eigenvalue weighted by Gasteiger charge is -2.07. The lowest BCUT2D eigenvalue weighted by molar-refractivity contribution is 0.102. The minimum Gasteiger partial charge on any atom is -0.321 e. The van der Waals surface area contributed by atoms with E-state index in [0.717, 1.165) is 21.5 Å². The molecule has 0 radical (unpaired) electrons. The Hall–Kier alpha value is -2.14. The Bertz CT molecular complexity index is 795. The molecule has 0 spiro atoms. The normalized spacial score (nSPS) is 10.7. The molecule has 0 saturated carbocycles. The van der Waals surface area contributed by atoms with Gasteiger partial charge in [0.2, 0.25) is 0 Å². The lowest BCUT2D eigenvalue weighted by atomic mass is 10.2. The maximum absolute atomic E-state index is 12.3. The molecule has 3 aromatic rings. The van der Waals surface area contributed by atoms with Crippen molar-refractivity contribution in [3.8, 4) is 0 Å². The molecule has 100 valence electrons. The number of anilines is 1. The van der Waals surface area contributed by atoms with Gasteiger partial charge in [0.15, 0.2) is 0 Å². The van der Waals surface area contributed by atoms with Crippen LogP contribution in [0.3, 0.4) is 0 Å². The van der Waals surface area contributed by atoms with Crippen molar-refractivity contribution < 1.29 is 4.79 Å². The fourth-order valence-electron chi connectivity index (χ4n) is 2.01. The van der Waals surface area contributed by atoms with Crippen molar-refractivity contribution in [3.63, 3.8) is 0 Å². The molecule has 1 aromatic carbocycles. The van der Waals surface area contributed by atoms with Crippen molar-refractivity contribution in [1.29, 1.82) is 0 Å². The maximum Gasteiger partial charge on any atom is 0.257 e. The predicted molar refractivity (Wildman–Crippen MR) is 82.0 cm³/mol. The van der Waals surface area contributed by atoms with Gasteiger partial charge in [0, 0.05) is 16.9 Å². The van der Waals surface area contributed by atoms with E-state index in [1.807, 2.05) is 47.9 Å². The second-order valence-electron chi connectivity index (χ2n) is 4.50. The van der Waals surface area contributed by atoms with Gasteiger partial charge < -0.3 is 9.72 Å². The molecule has 3 rings (SSSR count). The highest BCUT2D eigenvalue weighted by atomic mass is 79.9. The number of para-hydroxylation sites is 1. The van der Waals surface area contributed by atoms with E-state index >= 15 is 0 Å². The zero-order valence-electron chi connectivity index (χ0n) is 10.8. The highest BCUT2D eigenvalue weighted by Gasteiger charge is 2.09. The summed E-state index contributed by atoms with van der Waals surface area (Å²) in [5.74, 6) is -0.148. The lowest BCUT2D eigenvalue weighted by Crippen LogP contribution is -2.12. The summed E-state index contributed by atoms with van der Waals surface area (Å²) in [6.45, 7) is 1.92. The molecule has 0 aliphatic rings. The topological polar surface area (TPSA) is 46.4 Å². The number of nitrogens with one attached hydrogen (secondary N) is 1. The van der Waals surface area contributed by atoms with E-state index in [4.69, 9.17) is 0 Å². The quantitative estimate of drug-likeness (QED) is 0.779. The SMILES string of the molecule is Cc1cn2cc(C(=O)Nc3ccccc3Br)ccc2n1. The van der Waals surface area contributed by atoms with Crippen LogP contribution in [0.4, 0.5) is 5.69 Å². The number of aryl methyl sites for hydroxylation is 1. The van der Waals surface area contributed by atoms with Crippen molar-refractivity contribution in [1.82, 2.24) is 9.38 Å². The summed E-state index contributed by atoms with van der Waals surface area (Å²) in [6, 6.07) is 11.1. The molecule has 2 heterocycles. The first kappa shape index (κ1) is 12.9. The number of imidazole rings is 1. The van der Waals surface area contributed by atoms with Crippen LogP contribution in [0.15, 0.2) is 53.3 Å². The molecule has 0 bridgehead atoms. The number of fused-ring (bicyclic) bond motifs is 1. The van der Waals surface area contributed by atoms with E-state index in [2.05, 4.69) is 26.2 Å². The summed E-state index contributed by atoms with van der Waals surface area (Å²) >= 11 is 3.41. The number of amides is 1.